The molecule has 0 aliphatic rings. The molecule has 1 atom stereocenters. The van der Waals surface area contributed by atoms with Crippen molar-refractivity contribution in [3.05, 3.63) is 102 Å². The summed E-state index contributed by atoms with van der Waals surface area (Å²) in [6.45, 7) is 0. The quantitative estimate of drug-likeness (QED) is 0.472. The number of rotatable bonds is 6. The van der Waals surface area contributed by atoms with Crippen LogP contribution in [0.4, 0.5) is 0 Å². The number of nitriles is 1. The molecular formula is C22H17NOSe. The van der Waals surface area contributed by atoms with Crippen LogP contribution in [0.3, 0.4) is 0 Å². The van der Waals surface area contributed by atoms with Gasteiger partial charge in [-0.2, -0.15) is 0 Å². The van der Waals surface area contributed by atoms with E-state index in [4.69, 9.17) is 5.26 Å². The number of ketones is 1. The molecule has 0 saturated heterocycles. The summed E-state index contributed by atoms with van der Waals surface area (Å²) in [5.74, 6) is -0.0390. The first-order chi connectivity index (χ1) is 12.3. The molecule has 25 heavy (non-hydrogen) atoms. The van der Waals surface area contributed by atoms with Gasteiger partial charge in [0.2, 0.25) is 0 Å². The van der Waals surface area contributed by atoms with Crippen LogP contribution in [0.25, 0.3) is 0 Å². The first kappa shape index (κ1) is 17.2. The minimum atomic E-state index is -0.158. The Morgan fingerprint density at radius 3 is 2.08 bits per heavy atom. The number of Topliss-reactive ketones (excluding diaryl/α,β-unsaturated/α-hetero) is 1. The SMILES string of the molecule is N#Cc1ccc(C(=O)C(C[Se]c2ccccc2)c2ccccc2)cc1. The average molecular weight is 390 g/mol. The Hall–Kier alpha value is -2.66. The van der Waals surface area contributed by atoms with Crippen LogP contribution in [0.15, 0.2) is 84.9 Å². The first-order valence-corrected chi connectivity index (χ1v) is 10.1. The number of benzene rings is 3. The number of carbonyl (C=O) groups excluding carboxylic acids is 1. The molecule has 0 spiro atoms. The molecule has 0 aliphatic carbocycles. The molecule has 0 fully saturated rings. The molecule has 3 aromatic rings. The summed E-state index contributed by atoms with van der Waals surface area (Å²) in [4.78, 5) is 13.1. The third kappa shape index (κ3) is 4.45. The Morgan fingerprint density at radius 1 is 0.880 bits per heavy atom. The van der Waals surface area contributed by atoms with Crippen LogP contribution >= 0.6 is 0 Å². The summed E-state index contributed by atoms with van der Waals surface area (Å²) >= 11 is 0.226. The molecule has 0 saturated carbocycles. The summed E-state index contributed by atoms with van der Waals surface area (Å²) in [5, 5.41) is 9.75. The topological polar surface area (TPSA) is 40.9 Å². The summed E-state index contributed by atoms with van der Waals surface area (Å²) in [6.07, 6.45) is 0. The van der Waals surface area contributed by atoms with Gasteiger partial charge < -0.3 is 0 Å². The van der Waals surface area contributed by atoms with Gasteiger partial charge in [0.25, 0.3) is 0 Å². The van der Waals surface area contributed by atoms with Gasteiger partial charge >= 0.3 is 154 Å². The summed E-state index contributed by atoms with van der Waals surface area (Å²) < 4.78 is 1.29. The maximum atomic E-state index is 13.1. The molecule has 3 heteroatoms. The van der Waals surface area contributed by atoms with E-state index in [1.165, 1.54) is 4.46 Å². The van der Waals surface area contributed by atoms with Crippen molar-refractivity contribution in [2.75, 3.05) is 0 Å². The van der Waals surface area contributed by atoms with Gasteiger partial charge in [-0.05, 0) is 0 Å². The number of hydrogen-bond donors (Lipinski definition) is 0. The molecule has 0 heterocycles. The van der Waals surface area contributed by atoms with Crippen LogP contribution in [-0.4, -0.2) is 20.7 Å². The van der Waals surface area contributed by atoms with Crippen molar-refractivity contribution >= 4 is 25.2 Å². The van der Waals surface area contributed by atoms with Crippen LogP contribution < -0.4 is 4.46 Å². The van der Waals surface area contributed by atoms with Gasteiger partial charge in [-0.1, -0.05) is 0 Å². The third-order valence-electron chi connectivity index (χ3n) is 3.98. The predicted octanol–water partition coefficient (Wildman–Crippen LogP) is 3.97. The van der Waals surface area contributed by atoms with Gasteiger partial charge in [0, 0.05) is 0 Å². The van der Waals surface area contributed by atoms with Crippen molar-refractivity contribution in [1.82, 2.24) is 0 Å². The van der Waals surface area contributed by atoms with E-state index in [-0.39, 0.29) is 26.7 Å². The van der Waals surface area contributed by atoms with Crippen LogP contribution in [0.5, 0.6) is 0 Å². The van der Waals surface area contributed by atoms with Gasteiger partial charge in [-0.3, -0.25) is 0 Å². The summed E-state index contributed by atoms with van der Waals surface area (Å²) in [6, 6.07) is 29.3. The minimum absolute atomic E-state index is 0.119. The zero-order chi connectivity index (χ0) is 17.5. The second-order valence-electron chi connectivity index (χ2n) is 5.64. The van der Waals surface area contributed by atoms with Gasteiger partial charge in [0.1, 0.15) is 0 Å². The number of carbonyl (C=O) groups is 1. The first-order valence-electron chi connectivity index (χ1n) is 8.05. The van der Waals surface area contributed by atoms with E-state index in [1.807, 2.05) is 48.5 Å². The normalized spacial score (nSPS) is 11.5. The van der Waals surface area contributed by atoms with Gasteiger partial charge in [-0.25, -0.2) is 0 Å². The zero-order valence-corrected chi connectivity index (χ0v) is 15.3. The molecular weight excluding hydrogens is 373 g/mol. The van der Waals surface area contributed by atoms with E-state index < -0.39 is 0 Å². The van der Waals surface area contributed by atoms with E-state index in [1.54, 1.807) is 24.3 Å². The Balaban J connectivity index is 1.85. The van der Waals surface area contributed by atoms with Gasteiger partial charge in [0.15, 0.2) is 0 Å². The predicted molar refractivity (Wildman–Crippen MR) is 101 cm³/mol. The van der Waals surface area contributed by atoms with Crippen LogP contribution in [-0.2, 0) is 0 Å². The molecule has 0 N–H and O–H groups in total. The van der Waals surface area contributed by atoms with Crippen molar-refractivity contribution in [3.63, 3.8) is 0 Å². The van der Waals surface area contributed by atoms with Gasteiger partial charge in [-0.15, -0.1) is 0 Å². The second-order valence-corrected chi connectivity index (χ2v) is 7.93. The van der Waals surface area contributed by atoms with Crippen LogP contribution in [0.1, 0.15) is 27.4 Å². The Morgan fingerprint density at radius 2 is 1.48 bits per heavy atom. The van der Waals surface area contributed by atoms with Crippen molar-refractivity contribution in [1.29, 1.82) is 5.26 Å². The average Bonchev–Trinajstić information content (AvgIpc) is 2.69. The maximum absolute atomic E-state index is 13.1. The summed E-state index contributed by atoms with van der Waals surface area (Å²) in [5.41, 5.74) is 2.28. The molecule has 0 aromatic heterocycles. The second kappa shape index (κ2) is 8.44. The van der Waals surface area contributed by atoms with E-state index in [9.17, 15) is 4.79 Å². The Labute approximate surface area is 154 Å². The fraction of sp³-hybridized carbons (Fsp3) is 0.0909. The summed E-state index contributed by atoms with van der Waals surface area (Å²) in [7, 11) is 0. The Bertz CT molecular complexity index is 867. The monoisotopic (exact) mass is 391 g/mol. The van der Waals surface area contributed by atoms with Crippen LogP contribution in [0, 0.1) is 11.3 Å². The van der Waals surface area contributed by atoms with E-state index in [0.29, 0.717) is 11.1 Å². The zero-order valence-electron chi connectivity index (χ0n) is 13.6. The standard InChI is InChI=1S/C22H17NOSe/c23-15-17-11-13-19(14-12-17)22(24)21(18-7-3-1-4-8-18)16-25-20-9-5-2-6-10-20/h1-14,21H,16H2. The fourth-order valence-electron chi connectivity index (χ4n) is 2.62. The number of nitrogens with zero attached hydrogens (tertiary/aromatic N) is 1. The molecule has 3 aromatic carbocycles. The van der Waals surface area contributed by atoms with E-state index in [2.05, 4.69) is 18.2 Å². The van der Waals surface area contributed by atoms with E-state index in [0.717, 1.165) is 10.9 Å². The van der Waals surface area contributed by atoms with Crippen molar-refractivity contribution in [3.8, 4) is 6.07 Å². The molecule has 1 unspecified atom stereocenters. The number of hydrogen-bond acceptors (Lipinski definition) is 2. The van der Waals surface area contributed by atoms with Crippen molar-refractivity contribution in [2.24, 2.45) is 0 Å². The molecule has 0 aliphatic heterocycles. The Kier molecular flexibility index (Phi) is 5.80. The molecule has 2 nitrogen and oxygen atoms in total. The molecule has 3 rings (SSSR count). The van der Waals surface area contributed by atoms with Gasteiger partial charge in [0.05, 0.1) is 0 Å². The van der Waals surface area contributed by atoms with E-state index >= 15 is 0 Å². The molecule has 0 bridgehead atoms. The fourth-order valence-corrected chi connectivity index (χ4v) is 4.82. The van der Waals surface area contributed by atoms with Crippen LogP contribution in [0.2, 0.25) is 5.32 Å². The molecule has 122 valence electrons. The van der Waals surface area contributed by atoms with Crippen molar-refractivity contribution in [2.45, 2.75) is 11.2 Å². The molecule has 0 amide bonds. The van der Waals surface area contributed by atoms with Crippen molar-refractivity contribution < 1.29 is 4.79 Å². The molecule has 0 radical (unpaired) electrons. The third-order valence-corrected chi connectivity index (χ3v) is 6.30.